The van der Waals surface area contributed by atoms with Gasteiger partial charge in [-0.1, -0.05) is 5.16 Å². The van der Waals surface area contributed by atoms with Crippen LogP contribution in [0.25, 0.3) is 11.4 Å². The molecule has 2 aromatic rings. The Bertz CT molecular complexity index is 451. The molecule has 0 spiro atoms. The predicted molar refractivity (Wildman–Crippen MR) is 60.4 cm³/mol. The van der Waals surface area contributed by atoms with Crippen LogP contribution >= 0.6 is 0 Å². The lowest BCUT2D eigenvalue weighted by Crippen LogP contribution is -1.95. The van der Waals surface area contributed by atoms with Crippen LogP contribution in [-0.4, -0.2) is 23.8 Å². The molecule has 0 aliphatic carbocycles. The lowest BCUT2D eigenvalue weighted by Gasteiger charge is -1.98. The predicted octanol–water partition coefficient (Wildman–Crippen LogP) is 2.18. The molecule has 0 radical (unpaired) electrons. The second-order valence-corrected chi connectivity index (χ2v) is 3.18. The van der Waals surface area contributed by atoms with Crippen molar-refractivity contribution in [1.29, 1.82) is 0 Å². The lowest BCUT2D eigenvalue weighted by atomic mass is 10.2. The van der Waals surface area contributed by atoms with Crippen molar-refractivity contribution in [1.82, 2.24) is 10.1 Å². The summed E-state index contributed by atoms with van der Waals surface area (Å²) in [5, 5.41) is 6.83. The summed E-state index contributed by atoms with van der Waals surface area (Å²) in [7, 11) is 1.63. The number of hydrogen-bond donors (Lipinski definition) is 1. The second kappa shape index (κ2) is 4.65. The van der Waals surface area contributed by atoms with Crippen molar-refractivity contribution in [3.8, 4) is 17.1 Å². The molecule has 0 atom stereocenters. The van der Waals surface area contributed by atoms with Gasteiger partial charge < -0.3 is 14.6 Å². The average molecular weight is 219 g/mol. The van der Waals surface area contributed by atoms with Crippen LogP contribution in [0, 0.1) is 0 Å². The summed E-state index contributed by atoms with van der Waals surface area (Å²) < 4.78 is 10.1. The lowest BCUT2D eigenvalue weighted by molar-refractivity contribution is 0.415. The van der Waals surface area contributed by atoms with E-state index in [1.54, 1.807) is 7.11 Å². The Balaban J connectivity index is 2.21. The Morgan fingerprint density at radius 2 is 2.06 bits per heavy atom. The summed E-state index contributed by atoms with van der Waals surface area (Å²) in [6.07, 6.45) is 0. The first-order chi connectivity index (χ1) is 7.83. The number of anilines is 1. The molecule has 0 aliphatic heterocycles. The van der Waals surface area contributed by atoms with E-state index in [1.807, 2.05) is 31.2 Å². The average Bonchev–Trinajstić information content (AvgIpc) is 2.78. The quantitative estimate of drug-likeness (QED) is 0.853. The molecule has 0 bridgehead atoms. The van der Waals surface area contributed by atoms with Crippen LogP contribution in [0.2, 0.25) is 0 Å². The van der Waals surface area contributed by atoms with E-state index < -0.39 is 0 Å². The van der Waals surface area contributed by atoms with E-state index >= 15 is 0 Å². The van der Waals surface area contributed by atoms with Gasteiger partial charge in [-0.2, -0.15) is 4.98 Å². The fraction of sp³-hybridized carbons (Fsp3) is 0.273. The van der Waals surface area contributed by atoms with E-state index in [-0.39, 0.29) is 0 Å². The van der Waals surface area contributed by atoms with Crippen molar-refractivity contribution in [3.05, 3.63) is 24.3 Å². The molecule has 5 heteroatoms. The van der Waals surface area contributed by atoms with Gasteiger partial charge in [-0.05, 0) is 31.2 Å². The zero-order chi connectivity index (χ0) is 11.4. The molecule has 0 aliphatic rings. The van der Waals surface area contributed by atoms with Crippen molar-refractivity contribution < 1.29 is 9.26 Å². The minimum atomic E-state index is 0.438. The summed E-state index contributed by atoms with van der Waals surface area (Å²) in [5.74, 6) is 1.37. The van der Waals surface area contributed by atoms with Gasteiger partial charge in [-0.3, -0.25) is 0 Å². The highest BCUT2D eigenvalue weighted by Gasteiger charge is 2.07. The van der Waals surface area contributed by atoms with Gasteiger partial charge in [-0.15, -0.1) is 0 Å². The highest BCUT2D eigenvalue weighted by molar-refractivity contribution is 5.56. The molecule has 16 heavy (non-hydrogen) atoms. The monoisotopic (exact) mass is 219 g/mol. The molecule has 0 fully saturated rings. The molecule has 2 rings (SSSR count). The van der Waals surface area contributed by atoms with E-state index in [9.17, 15) is 0 Å². The van der Waals surface area contributed by atoms with Crippen molar-refractivity contribution in [2.75, 3.05) is 19.0 Å². The number of nitrogens with zero attached hydrogens (tertiary/aromatic N) is 2. The maximum atomic E-state index is 5.07. The van der Waals surface area contributed by atoms with Crippen molar-refractivity contribution in [2.45, 2.75) is 6.92 Å². The van der Waals surface area contributed by atoms with E-state index in [2.05, 4.69) is 15.5 Å². The van der Waals surface area contributed by atoms with Crippen LogP contribution in [0.15, 0.2) is 28.8 Å². The Kier molecular flexibility index (Phi) is 3.05. The van der Waals surface area contributed by atoms with Gasteiger partial charge in [0.15, 0.2) is 0 Å². The molecule has 0 amide bonds. The molecule has 1 aromatic carbocycles. The topological polar surface area (TPSA) is 60.2 Å². The van der Waals surface area contributed by atoms with Crippen molar-refractivity contribution >= 4 is 6.01 Å². The van der Waals surface area contributed by atoms with Crippen LogP contribution in [0.1, 0.15) is 6.92 Å². The first kappa shape index (κ1) is 10.5. The maximum absolute atomic E-state index is 5.07. The normalized spacial score (nSPS) is 10.1. The fourth-order valence-corrected chi connectivity index (χ4v) is 1.30. The van der Waals surface area contributed by atoms with E-state index in [4.69, 9.17) is 9.26 Å². The summed E-state index contributed by atoms with van der Waals surface area (Å²) >= 11 is 0. The Morgan fingerprint density at radius 3 is 2.69 bits per heavy atom. The smallest absolute Gasteiger partial charge is 0.321 e. The largest absolute Gasteiger partial charge is 0.497 e. The number of nitrogens with one attached hydrogen (secondary N) is 1. The maximum Gasteiger partial charge on any atom is 0.321 e. The number of methoxy groups -OCH3 is 1. The summed E-state index contributed by atoms with van der Waals surface area (Å²) in [5.41, 5.74) is 0.897. The fourth-order valence-electron chi connectivity index (χ4n) is 1.30. The molecule has 0 unspecified atom stereocenters. The van der Waals surface area contributed by atoms with Gasteiger partial charge >= 0.3 is 6.01 Å². The van der Waals surface area contributed by atoms with E-state index in [0.29, 0.717) is 11.8 Å². The van der Waals surface area contributed by atoms with Gasteiger partial charge in [-0.25, -0.2) is 0 Å². The van der Waals surface area contributed by atoms with Crippen LogP contribution < -0.4 is 10.1 Å². The number of benzene rings is 1. The third kappa shape index (κ3) is 2.13. The molecule has 84 valence electrons. The molecule has 5 nitrogen and oxygen atoms in total. The SMILES string of the molecule is CCNc1nc(-c2ccc(OC)cc2)no1. The molecular weight excluding hydrogens is 206 g/mol. The zero-order valence-corrected chi connectivity index (χ0v) is 9.23. The molecule has 1 heterocycles. The Labute approximate surface area is 93.4 Å². The first-order valence-corrected chi connectivity index (χ1v) is 5.05. The molecule has 1 aromatic heterocycles. The third-order valence-electron chi connectivity index (χ3n) is 2.10. The second-order valence-electron chi connectivity index (χ2n) is 3.18. The van der Waals surface area contributed by atoms with Gasteiger partial charge in [0.05, 0.1) is 7.11 Å². The van der Waals surface area contributed by atoms with Crippen LogP contribution in [0.5, 0.6) is 5.75 Å². The van der Waals surface area contributed by atoms with Gasteiger partial charge in [0.25, 0.3) is 0 Å². The van der Waals surface area contributed by atoms with Crippen LogP contribution in [0.3, 0.4) is 0 Å². The Hall–Kier alpha value is -2.04. The first-order valence-electron chi connectivity index (χ1n) is 5.05. The number of ether oxygens (including phenoxy) is 1. The highest BCUT2D eigenvalue weighted by Crippen LogP contribution is 2.20. The molecule has 0 saturated carbocycles. The third-order valence-corrected chi connectivity index (χ3v) is 2.10. The summed E-state index contributed by atoms with van der Waals surface area (Å²) in [6.45, 7) is 2.72. The number of hydrogen-bond acceptors (Lipinski definition) is 5. The van der Waals surface area contributed by atoms with Crippen molar-refractivity contribution in [3.63, 3.8) is 0 Å². The number of aromatic nitrogens is 2. The number of rotatable bonds is 4. The molecule has 1 N–H and O–H groups in total. The van der Waals surface area contributed by atoms with Gasteiger partial charge in [0.2, 0.25) is 5.82 Å². The van der Waals surface area contributed by atoms with Crippen LogP contribution in [-0.2, 0) is 0 Å². The summed E-state index contributed by atoms with van der Waals surface area (Å²) in [4.78, 5) is 4.20. The summed E-state index contributed by atoms with van der Waals surface area (Å²) in [6, 6.07) is 7.93. The zero-order valence-electron chi connectivity index (χ0n) is 9.23. The van der Waals surface area contributed by atoms with Crippen molar-refractivity contribution in [2.24, 2.45) is 0 Å². The van der Waals surface area contributed by atoms with E-state index in [0.717, 1.165) is 17.9 Å². The Morgan fingerprint density at radius 1 is 1.31 bits per heavy atom. The van der Waals surface area contributed by atoms with Crippen LogP contribution in [0.4, 0.5) is 6.01 Å². The van der Waals surface area contributed by atoms with E-state index in [1.165, 1.54) is 0 Å². The minimum absolute atomic E-state index is 0.438. The standard InChI is InChI=1S/C11H13N3O2/c1-3-12-11-13-10(14-16-11)8-4-6-9(15-2)7-5-8/h4-7H,3H2,1-2H3,(H,12,13,14). The minimum Gasteiger partial charge on any atom is -0.497 e. The molecular formula is C11H13N3O2. The molecule has 0 saturated heterocycles. The van der Waals surface area contributed by atoms with Gasteiger partial charge in [0.1, 0.15) is 5.75 Å². The highest BCUT2D eigenvalue weighted by atomic mass is 16.5. The van der Waals surface area contributed by atoms with Gasteiger partial charge in [0, 0.05) is 12.1 Å².